The molecule has 1 aliphatic carbocycles. The predicted octanol–water partition coefficient (Wildman–Crippen LogP) is 2.43. The van der Waals surface area contributed by atoms with Crippen molar-refractivity contribution in [3.63, 3.8) is 0 Å². The minimum atomic E-state index is 0.717. The largest absolute Gasteiger partial charge is 0.316 e. The normalized spacial score (nSPS) is 25.1. The van der Waals surface area contributed by atoms with Crippen molar-refractivity contribution in [3.8, 4) is 0 Å². The number of nitrogens with one attached hydrogen (secondary N) is 1. The molecule has 3 rings (SSSR count). The number of piperidine rings is 1. The second-order valence-corrected chi connectivity index (χ2v) is 5.12. The highest BCUT2D eigenvalue weighted by molar-refractivity contribution is 5.36. The van der Waals surface area contributed by atoms with E-state index < -0.39 is 0 Å². The van der Waals surface area contributed by atoms with Gasteiger partial charge in [-0.1, -0.05) is 0 Å². The van der Waals surface area contributed by atoms with E-state index in [2.05, 4.69) is 22.7 Å². The molecular weight excluding hydrogens is 196 g/mol. The van der Waals surface area contributed by atoms with Gasteiger partial charge in [-0.2, -0.15) is 0 Å². The molecule has 1 N–H and O–H groups in total. The first-order chi connectivity index (χ1) is 7.95. The van der Waals surface area contributed by atoms with Gasteiger partial charge in [0.05, 0.1) is 0 Å². The van der Waals surface area contributed by atoms with Gasteiger partial charge in [0.2, 0.25) is 0 Å². The maximum absolute atomic E-state index is 4.45. The van der Waals surface area contributed by atoms with Crippen LogP contribution in [0.25, 0.3) is 0 Å². The second-order valence-electron chi connectivity index (χ2n) is 5.12. The molecule has 1 aromatic heterocycles. The molecule has 2 heteroatoms. The van der Waals surface area contributed by atoms with Crippen LogP contribution in [0.3, 0.4) is 0 Å². The molecule has 1 atom stereocenters. The van der Waals surface area contributed by atoms with Gasteiger partial charge >= 0.3 is 0 Å². The molecule has 1 aromatic rings. The van der Waals surface area contributed by atoms with Crippen LogP contribution in [0, 0.1) is 0 Å². The van der Waals surface area contributed by atoms with Crippen molar-refractivity contribution in [2.45, 2.75) is 44.4 Å². The highest BCUT2D eigenvalue weighted by Gasteiger charge is 2.21. The molecule has 1 aliphatic heterocycles. The van der Waals surface area contributed by atoms with Crippen LogP contribution in [0.1, 0.15) is 48.3 Å². The monoisotopic (exact) mass is 216 g/mol. The summed E-state index contributed by atoms with van der Waals surface area (Å²) in [4.78, 5) is 4.45. The smallest absolute Gasteiger partial charge is 0.0306 e. The van der Waals surface area contributed by atoms with Crippen LogP contribution >= 0.6 is 0 Å². The van der Waals surface area contributed by atoms with Crippen molar-refractivity contribution < 1.29 is 0 Å². The number of hydrogen-bond acceptors (Lipinski definition) is 2. The van der Waals surface area contributed by atoms with Crippen LogP contribution in [0.15, 0.2) is 12.4 Å². The summed E-state index contributed by atoms with van der Waals surface area (Å²) in [5.41, 5.74) is 4.70. The third kappa shape index (κ3) is 1.86. The average Bonchev–Trinajstić information content (AvgIpc) is 2.39. The zero-order chi connectivity index (χ0) is 10.8. The second kappa shape index (κ2) is 4.54. The molecule has 0 aromatic carbocycles. The van der Waals surface area contributed by atoms with E-state index in [0.717, 1.165) is 6.54 Å². The highest BCUT2D eigenvalue weighted by atomic mass is 14.9. The van der Waals surface area contributed by atoms with E-state index in [4.69, 9.17) is 0 Å². The van der Waals surface area contributed by atoms with Gasteiger partial charge in [-0.15, -0.1) is 0 Å². The molecule has 0 saturated carbocycles. The summed E-state index contributed by atoms with van der Waals surface area (Å²) >= 11 is 0. The van der Waals surface area contributed by atoms with Gasteiger partial charge in [0.15, 0.2) is 0 Å². The first-order valence-corrected chi connectivity index (χ1v) is 6.61. The number of pyridine rings is 1. The zero-order valence-corrected chi connectivity index (χ0v) is 9.84. The van der Waals surface area contributed by atoms with Gasteiger partial charge in [-0.05, 0) is 67.7 Å². The van der Waals surface area contributed by atoms with Gasteiger partial charge in [0, 0.05) is 18.9 Å². The maximum Gasteiger partial charge on any atom is 0.0306 e. The minimum Gasteiger partial charge on any atom is -0.316 e. The van der Waals surface area contributed by atoms with E-state index in [1.807, 2.05) is 0 Å². The fourth-order valence-corrected chi connectivity index (χ4v) is 3.16. The quantitative estimate of drug-likeness (QED) is 0.780. The van der Waals surface area contributed by atoms with Crippen LogP contribution in [0.4, 0.5) is 0 Å². The van der Waals surface area contributed by atoms with E-state index in [0.29, 0.717) is 5.92 Å². The predicted molar refractivity (Wildman–Crippen MR) is 65.7 cm³/mol. The maximum atomic E-state index is 4.45. The number of aromatic nitrogens is 1. The van der Waals surface area contributed by atoms with E-state index in [9.17, 15) is 0 Å². The third-order valence-electron chi connectivity index (χ3n) is 4.04. The van der Waals surface area contributed by atoms with Gasteiger partial charge < -0.3 is 5.32 Å². The number of hydrogen-bond donors (Lipinski definition) is 1. The fraction of sp³-hybridized carbons (Fsp3) is 0.643. The lowest BCUT2D eigenvalue weighted by Gasteiger charge is -2.27. The SMILES string of the molecule is c1ncc(C2CCCNC2)c2c1CCCC2. The van der Waals surface area contributed by atoms with Crippen LogP contribution < -0.4 is 5.32 Å². The Kier molecular flexibility index (Phi) is 2.92. The van der Waals surface area contributed by atoms with Crippen molar-refractivity contribution in [3.05, 3.63) is 29.1 Å². The molecule has 2 heterocycles. The summed E-state index contributed by atoms with van der Waals surface area (Å²) in [7, 11) is 0. The molecule has 86 valence electrons. The van der Waals surface area contributed by atoms with Crippen molar-refractivity contribution >= 4 is 0 Å². The summed E-state index contributed by atoms with van der Waals surface area (Å²) in [6.07, 6.45) is 12.1. The van der Waals surface area contributed by atoms with E-state index in [1.165, 1.54) is 50.6 Å². The first kappa shape index (κ1) is 10.3. The van der Waals surface area contributed by atoms with Gasteiger partial charge in [0.25, 0.3) is 0 Å². The van der Waals surface area contributed by atoms with E-state index in [1.54, 1.807) is 11.1 Å². The molecule has 2 aliphatic rings. The van der Waals surface area contributed by atoms with Gasteiger partial charge in [-0.3, -0.25) is 4.98 Å². The molecule has 0 amide bonds. The summed E-state index contributed by atoms with van der Waals surface area (Å²) in [6, 6.07) is 0. The lowest BCUT2D eigenvalue weighted by molar-refractivity contribution is 0.456. The highest BCUT2D eigenvalue weighted by Crippen LogP contribution is 2.31. The minimum absolute atomic E-state index is 0.717. The summed E-state index contributed by atoms with van der Waals surface area (Å²) in [5, 5.41) is 3.51. The molecule has 1 saturated heterocycles. The molecule has 1 unspecified atom stereocenters. The Balaban J connectivity index is 1.93. The third-order valence-corrected chi connectivity index (χ3v) is 4.04. The lowest BCUT2D eigenvalue weighted by atomic mass is 9.83. The van der Waals surface area contributed by atoms with Crippen molar-refractivity contribution in [2.24, 2.45) is 0 Å². The Morgan fingerprint density at radius 1 is 1.12 bits per heavy atom. The number of nitrogens with zero attached hydrogens (tertiary/aromatic N) is 1. The Morgan fingerprint density at radius 2 is 2.06 bits per heavy atom. The Labute approximate surface area is 97.5 Å². The Morgan fingerprint density at radius 3 is 2.94 bits per heavy atom. The summed E-state index contributed by atoms with van der Waals surface area (Å²) in [5.74, 6) is 0.717. The molecular formula is C14H20N2. The summed E-state index contributed by atoms with van der Waals surface area (Å²) in [6.45, 7) is 2.34. The van der Waals surface area contributed by atoms with Gasteiger partial charge in [-0.25, -0.2) is 0 Å². The van der Waals surface area contributed by atoms with E-state index in [-0.39, 0.29) is 0 Å². The molecule has 0 bridgehead atoms. The first-order valence-electron chi connectivity index (χ1n) is 6.61. The summed E-state index contributed by atoms with van der Waals surface area (Å²) < 4.78 is 0. The molecule has 16 heavy (non-hydrogen) atoms. The number of aryl methyl sites for hydroxylation is 1. The molecule has 0 spiro atoms. The van der Waals surface area contributed by atoms with Crippen LogP contribution in [0.2, 0.25) is 0 Å². The standard InChI is InChI=1S/C14H20N2/c1-2-6-13-11(4-1)9-16-10-14(13)12-5-3-7-15-8-12/h9-10,12,15H,1-8H2. The zero-order valence-electron chi connectivity index (χ0n) is 9.84. The van der Waals surface area contributed by atoms with Crippen LogP contribution in [-0.2, 0) is 12.8 Å². The van der Waals surface area contributed by atoms with Crippen LogP contribution in [0.5, 0.6) is 0 Å². The van der Waals surface area contributed by atoms with Gasteiger partial charge in [0.1, 0.15) is 0 Å². The molecule has 0 radical (unpaired) electrons. The fourth-order valence-electron chi connectivity index (χ4n) is 3.16. The average molecular weight is 216 g/mol. The number of fused-ring (bicyclic) bond motifs is 1. The molecule has 1 fully saturated rings. The molecule has 2 nitrogen and oxygen atoms in total. The number of rotatable bonds is 1. The van der Waals surface area contributed by atoms with Crippen molar-refractivity contribution in [1.82, 2.24) is 10.3 Å². The lowest BCUT2D eigenvalue weighted by Crippen LogP contribution is -2.29. The topological polar surface area (TPSA) is 24.9 Å². The van der Waals surface area contributed by atoms with Crippen LogP contribution in [-0.4, -0.2) is 18.1 Å². The Hall–Kier alpha value is -0.890. The Bertz CT molecular complexity index is 367. The van der Waals surface area contributed by atoms with Crippen molar-refractivity contribution in [2.75, 3.05) is 13.1 Å². The van der Waals surface area contributed by atoms with E-state index >= 15 is 0 Å². The van der Waals surface area contributed by atoms with Crippen molar-refractivity contribution in [1.29, 1.82) is 0 Å².